The minimum Gasteiger partial charge on any atom is -0.497 e. The molecule has 0 bridgehead atoms. The molecule has 0 aromatic heterocycles. The Hall–Kier alpha value is -7.37. The predicted molar refractivity (Wildman–Crippen MR) is 262 cm³/mol. The van der Waals surface area contributed by atoms with Crippen molar-refractivity contribution in [3.05, 3.63) is 29.8 Å². The Bertz CT molecular complexity index is 2180. The summed E-state index contributed by atoms with van der Waals surface area (Å²) in [5, 5.41) is 28.7. The van der Waals surface area contributed by atoms with Crippen LogP contribution in [0.2, 0.25) is 0 Å². The summed E-state index contributed by atoms with van der Waals surface area (Å²) in [4.78, 5) is 160. The van der Waals surface area contributed by atoms with E-state index in [1.807, 2.05) is 0 Å². The molecule has 1 aromatic carbocycles. The van der Waals surface area contributed by atoms with Crippen LogP contribution in [0.5, 0.6) is 5.75 Å². The van der Waals surface area contributed by atoms with Gasteiger partial charge in [-0.3, -0.25) is 62.5 Å². The van der Waals surface area contributed by atoms with Crippen LogP contribution in [0.4, 0.5) is 0 Å². The Morgan fingerprint density at radius 1 is 0.736 bits per heavy atom. The van der Waals surface area contributed by atoms with E-state index in [1.54, 1.807) is 24.3 Å². The van der Waals surface area contributed by atoms with Crippen LogP contribution in [0.25, 0.3) is 0 Å². The van der Waals surface area contributed by atoms with Crippen molar-refractivity contribution in [3.63, 3.8) is 0 Å². The van der Waals surface area contributed by atoms with Gasteiger partial charge in [-0.05, 0) is 50.3 Å². The number of thiol groups is 2. The standard InChI is InChI=1S/C42H64N14O14S2/c1-20(35(63)55-28(18-71)34(44)62)49-37(65)25(14-22-8-10-23(70-3)11-9-22)53-38(66)26(16-33(60)61)51-32(59)17-48-36(64)24(6-4-12-47-42(45)46)52-40(68)30-7-5-13-56(30)41(69)27(15-31(43)58)54-39(67)29(19-72)50-21(2)57/h8-11,20,24-30,71-72H,4-7,12-19H2,1-3H3,(H2,43,58)(H2,44,62)(H,48,64)(H,49,65)(H,50,57)(H,51,59)(H,52,68)(H,53,66)(H,54,67)(H,55,63)(H,60,61)(H4,45,46,47)/t20-,24-,25-,26-,27-,28-,29-,30-/m0/s1. The molecule has 30 heteroatoms. The van der Waals surface area contributed by atoms with Gasteiger partial charge in [0.05, 0.1) is 26.5 Å². The normalized spacial score (nSPS) is 15.7. The van der Waals surface area contributed by atoms with Gasteiger partial charge in [-0.15, -0.1) is 0 Å². The number of likely N-dealkylation sites (tertiary alicyclic amines) is 1. The first-order valence-electron chi connectivity index (χ1n) is 22.3. The van der Waals surface area contributed by atoms with Gasteiger partial charge in [0.15, 0.2) is 5.96 Å². The molecule has 398 valence electrons. The number of carboxylic acid groups (broad SMARTS) is 1. The van der Waals surface area contributed by atoms with E-state index in [-0.39, 0.29) is 62.7 Å². The van der Waals surface area contributed by atoms with Crippen LogP contribution in [0.15, 0.2) is 29.3 Å². The lowest BCUT2D eigenvalue weighted by Crippen LogP contribution is -2.59. The number of nitrogens with two attached hydrogens (primary N) is 4. The summed E-state index contributed by atoms with van der Waals surface area (Å²) in [5.74, 6) is -11.6. The largest absolute Gasteiger partial charge is 0.497 e. The van der Waals surface area contributed by atoms with Crippen LogP contribution in [-0.4, -0.2) is 173 Å². The number of nitrogens with zero attached hydrogens (tertiary/aromatic N) is 2. The van der Waals surface area contributed by atoms with Crippen LogP contribution >= 0.6 is 25.3 Å². The Kier molecular flexibility index (Phi) is 25.6. The van der Waals surface area contributed by atoms with E-state index >= 15 is 0 Å². The fraction of sp³-hybridized carbons (Fsp3) is 0.548. The van der Waals surface area contributed by atoms with Gasteiger partial charge in [0.25, 0.3) is 0 Å². The van der Waals surface area contributed by atoms with Gasteiger partial charge in [-0.1, -0.05) is 12.1 Å². The highest BCUT2D eigenvalue weighted by Gasteiger charge is 2.40. The first-order valence-corrected chi connectivity index (χ1v) is 23.5. The number of rotatable bonds is 30. The quantitative estimate of drug-likeness (QED) is 0.0147. The van der Waals surface area contributed by atoms with Crippen LogP contribution in [0, 0.1) is 0 Å². The minimum absolute atomic E-state index is 0.00182. The van der Waals surface area contributed by atoms with Gasteiger partial charge in [-0.2, -0.15) is 25.3 Å². The van der Waals surface area contributed by atoms with E-state index in [4.69, 9.17) is 27.7 Å². The summed E-state index contributed by atoms with van der Waals surface area (Å²) in [6.45, 7) is 1.56. The summed E-state index contributed by atoms with van der Waals surface area (Å²) in [6.07, 6.45) is -1.55. The lowest BCUT2D eigenvalue weighted by Gasteiger charge is -2.30. The summed E-state index contributed by atoms with van der Waals surface area (Å²) >= 11 is 8.03. The highest BCUT2D eigenvalue weighted by atomic mass is 32.1. The summed E-state index contributed by atoms with van der Waals surface area (Å²) in [5.41, 5.74) is 22.0. The maximum absolute atomic E-state index is 13.8. The third kappa shape index (κ3) is 20.9. The van der Waals surface area contributed by atoms with Crippen LogP contribution in [0.3, 0.4) is 0 Å². The molecule has 1 aromatic rings. The number of aliphatic imine (C=N–C) groups is 1. The number of hydrogen-bond donors (Lipinski definition) is 15. The van der Waals surface area contributed by atoms with Gasteiger partial charge < -0.3 is 80.2 Å². The van der Waals surface area contributed by atoms with Gasteiger partial charge in [0.2, 0.25) is 65.0 Å². The van der Waals surface area contributed by atoms with E-state index < -0.39 is 139 Å². The number of methoxy groups -OCH3 is 1. The number of amides is 11. The van der Waals surface area contributed by atoms with Crippen molar-refractivity contribution in [3.8, 4) is 5.75 Å². The van der Waals surface area contributed by atoms with E-state index in [9.17, 15) is 62.6 Å². The van der Waals surface area contributed by atoms with E-state index in [1.165, 1.54) is 14.0 Å². The molecule has 17 N–H and O–H groups in total. The Morgan fingerprint density at radius 2 is 1.33 bits per heavy atom. The van der Waals surface area contributed by atoms with Gasteiger partial charge in [0, 0.05) is 37.9 Å². The number of primary amides is 2. The second-order valence-electron chi connectivity index (χ2n) is 16.3. The van der Waals surface area contributed by atoms with Crippen molar-refractivity contribution < 1.29 is 67.4 Å². The monoisotopic (exact) mass is 1050 g/mol. The zero-order valence-electron chi connectivity index (χ0n) is 39.8. The molecule has 1 fully saturated rings. The van der Waals surface area contributed by atoms with Gasteiger partial charge in [-0.25, -0.2) is 0 Å². The van der Waals surface area contributed by atoms with Crippen LogP contribution < -0.4 is 70.2 Å². The number of guanidine groups is 1. The molecule has 1 heterocycles. The second kappa shape index (κ2) is 30.4. The Labute approximate surface area is 424 Å². The molecule has 72 heavy (non-hydrogen) atoms. The third-order valence-electron chi connectivity index (χ3n) is 10.6. The maximum Gasteiger partial charge on any atom is 0.305 e. The average molecular weight is 1050 g/mol. The van der Waals surface area contributed by atoms with Crippen molar-refractivity contribution in [1.82, 2.24) is 47.4 Å². The minimum atomic E-state index is -1.84. The molecule has 1 saturated heterocycles. The smallest absolute Gasteiger partial charge is 0.305 e. The zero-order valence-corrected chi connectivity index (χ0v) is 41.6. The number of benzene rings is 1. The number of hydrogen-bond acceptors (Lipinski definition) is 16. The topological polar surface area (TPSA) is 450 Å². The molecule has 28 nitrogen and oxygen atoms in total. The lowest BCUT2D eigenvalue weighted by atomic mass is 10.0. The van der Waals surface area contributed by atoms with Crippen molar-refractivity contribution in [1.29, 1.82) is 0 Å². The van der Waals surface area contributed by atoms with Gasteiger partial charge >= 0.3 is 5.97 Å². The van der Waals surface area contributed by atoms with Crippen molar-refractivity contribution in [2.75, 3.05) is 38.2 Å². The molecule has 1 aliphatic heterocycles. The maximum atomic E-state index is 13.8. The summed E-state index contributed by atoms with van der Waals surface area (Å²) in [6, 6.07) is -4.88. The Balaban J connectivity index is 2.30. The molecule has 2 rings (SSSR count). The van der Waals surface area contributed by atoms with E-state index in [0.717, 1.165) is 11.8 Å². The van der Waals surface area contributed by atoms with Crippen molar-refractivity contribution in [2.24, 2.45) is 27.9 Å². The molecule has 11 amide bonds. The Morgan fingerprint density at radius 3 is 1.89 bits per heavy atom. The third-order valence-corrected chi connectivity index (χ3v) is 11.3. The highest BCUT2D eigenvalue weighted by molar-refractivity contribution is 7.80. The number of carbonyl (C=O) groups excluding carboxylic acids is 11. The first-order chi connectivity index (χ1) is 33.9. The second-order valence-corrected chi connectivity index (χ2v) is 17.0. The predicted octanol–water partition coefficient (Wildman–Crippen LogP) is -6.47. The molecule has 0 aliphatic carbocycles. The van der Waals surface area contributed by atoms with Gasteiger partial charge in [0.1, 0.15) is 54.1 Å². The number of ether oxygens (including phenoxy) is 1. The lowest BCUT2D eigenvalue weighted by molar-refractivity contribution is -0.143. The van der Waals surface area contributed by atoms with Crippen LogP contribution in [0.1, 0.15) is 57.9 Å². The first kappa shape index (κ1) is 60.8. The van der Waals surface area contributed by atoms with Crippen molar-refractivity contribution >= 4 is 102 Å². The molecule has 0 unspecified atom stereocenters. The molecular formula is C42H64N14O14S2. The van der Waals surface area contributed by atoms with Crippen LogP contribution in [-0.2, 0) is 64.0 Å². The summed E-state index contributed by atoms with van der Waals surface area (Å²) in [7, 11) is 1.43. The molecular weight excluding hydrogens is 989 g/mol. The number of aliphatic carboxylic acids is 1. The zero-order chi connectivity index (χ0) is 54.2. The fourth-order valence-corrected chi connectivity index (χ4v) is 7.47. The number of nitrogens with one attached hydrogen (secondary N) is 8. The van der Waals surface area contributed by atoms with E-state index in [2.05, 4.69) is 72.8 Å². The molecule has 1 aliphatic rings. The molecule has 0 saturated carbocycles. The van der Waals surface area contributed by atoms with Crippen molar-refractivity contribution in [2.45, 2.75) is 107 Å². The van der Waals surface area contributed by atoms with E-state index in [0.29, 0.717) is 11.3 Å². The number of carboxylic acids is 1. The molecule has 8 atom stereocenters. The fourth-order valence-electron chi connectivity index (χ4n) is 6.94. The SMILES string of the molecule is COc1ccc(C[C@H](NC(=O)[C@H](CC(=O)O)NC(=O)CNC(=O)[C@H](CCCN=C(N)N)NC(=O)[C@@H]2CCCN2C(=O)[C@H](CC(N)=O)NC(=O)[C@H](CS)NC(C)=O)C(=O)N[C@@H](C)C(=O)N[C@@H](CS)C(N)=O)cc1. The number of carbonyl (C=O) groups is 12. The molecule has 0 spiro atoms. The average Bonchev–Trinajstić information content (AvgIpc) is 3.81. The highest BCUT2D eigenvalue weighted by Crippen LogP contribution is 2.20. The summed E-state index contributed by atoms with van der Waals surface area (Å²) < 4.78 is 5.17. The molecule has 0 radical (unpaired) electrons.